The summed E-state index contributed by atoms with van der Waals surface area (Å²) in [7, 11) is 4.44. The van der Waals surface area contributed by atoms with Gasteiger partial charge in [-0.25, -0.2) is 0 Å². The van der Waals surface area contributed by atoms with Crippen LogP contribution in [0.5, 0.6) is 0 Å². The van der Waals surface area contributed by atoms with Crippen molar-refractivity contribution >= 4 is 38.6 Å². The normalized spacial score (nSPS) is 20.9. The first-order valence-electron chi connectivity index (χ1n) is 14.9. The number of hydrogen-bond acceptors (Lipinski definition) is 1. The summed E-state index contributed by atoms with van der Waals surface area (Å²) in [5, 5.41) is 5.50. The van der Waals surface area contributed by atoms with Gasteiger partial charge in [0.05, 0.1) is 5.41 Å². The van der Waals surface area contributed by atoms with Crippen molar-refractivity contribution in [3.8, 4) is 0 Å². The molecule has 2 spiro atoms. The van der Waals surface area contributed by atoms with Gasteiger partial charge in [0, 0.05) is 41.6 Å². The minimum Gasteiger partial charge on any atom is -0.347 e. The summed E-state index contributed by atoms with van der Waals surface area (Å²) in [5.41, 5.74) is 9.01. The van der Waals surface area contributed by atoms with E-state index in [2.05, 4.69) is 151 Å². The molecule has 0 N–H and O–H groups in total. The van der Waals surface area contributed by atoms with E-state index in [1.54, 1.807) is 0 Å². The van der Waals surface area contributed by atoms with Crippen LogP contribution < -0.4 is 4.90 Å². The smallest absolute Gasteiger partial charge is 0.210 e. The van der Waals surface area contributed by atoms with Gasteiger partial charge >= 0.3 is 0 Å². The summed E-state index contributed by atoms with van der Waals surface area (Å²) in [6, 6.07) is 26.8. The third-order valence-electron chi connectivity index (χ3n) is 9.87. The molecule has 2 saturated carbocycles. The van der Waals surface area contributed by atoms with Gasteiger partial charge in [0.2, 0.25) is 5.69 Å². The molecule has 8 rings (SSSR count). The van der Waals surface area contributed by atoms with E-state index < -0.39 is 0 Å². The Bertz CT molecular complexity index is 1920. The van der Waals surface area contributed by atoms with Crippen LogP contribution in [0.2, 0.25) is 0 Å². The minimum atomic E-state index is 0.194. The number of hydrogen-bond donors (Lipinski definition) is 0. The van der Waals surface area contributed by atoms with Crippen molar-refractivity contribution < 1.29 is 4.58 Å². The van der Waals surface area contributed by atoms with E-state index in [1.165, 1.54) is 81.1 Å². The zero-order valence-electron chi connectivity index (χ0n) is 23.8. The standard InChI is InChI=1S/C39H35N2/c1-40-32-22-20-28-14-10-12-16-30(28)36(32)38(24-25-38)34(40)18-8-6-4-3-5-7-9-19-35-39(26-27-39)37-31-17-13-11-15-29(31)21-23-33(37)41(35)2/h3-23H,24-27H2,1-2H3/q+1. The number of likely N-dealkylation sites (N-methyl/N-ethyl adjacent to an activating group) is 1. The van der Waals surface area contributed by atoms with Crippen LogP contribution in [-0.4, -0.2) is 24.4 Å². The van der Waals surface area contributed by atoms with Crippen LogP contribution in [0.4, 0.5) is 11.4 Å². The van der Waals surface area contributed by atoms with E-state index >= 15 is 0 Å². The molecule has 2 aliphatic heterocycles. The molecule has 41 heavy (non-hydrogen) atoms. The molecule has 0 saturated heterocycles. The molecule has 2 heteroatoms. The summed E-state index contributed by atoms with van der Waals surface area (Å²) in [4.78, 5) is 2.40. The molecule has 4 aliphatic rings. The van der Waals surface area contributed by atoms with E-state index in [4.69, 9.17) is 0 Å². The van der Waals surface area contributed by atoms with Crippen molar-refractivity contribution in [1.82, 2.24) is 0 Å². The number of anilines is 1. The SMILES string of the molecule is CN1/C(=C/C=C/C=C/C=C/C=C/C2=[N+](C)c3ccc4ccccc4c3C23CC3)C2(CC2)c2c1ccc1ccccc21. The van der Waals surface area contributed by atoms with Crippen LogP contribution in [-0.2, 0) is 10.8 Å². The highest BCUT2D eigenvalue weighted by atomic mass is 15.2. The van der Waals surface area contributed by atoms with Gasteiger partial charge in [0.1, 0.15) is 7.05 Å². The molecule has 2 aliphatic carbocycles. The average molecular weight is 532 g/mol. The predicted octanol–water partition coefficient (Wildman–Crippen LogP) is 9.04. The van der Waals surface area contributed by atoms with Gasteiger partial charge in [-0.15, -0.1) is 0 Å². The molecular weight excluding hydrogens is 496 g/mol. The van der Waals surface area contributed by atoms with E-state index in [0.29, 0.717) is 0 Å². The highest BCUT2D eigenvalue weighted by molar-refractivity contribution is 6.10. The van der Waals surface area contributed by atoms with Crippen molar-refractivity contribution in [1.29, 1.82) is 0 Å². The predicted molar refractivity (Wildman–Crippen MR) is 174 cm³/mol. The fourth-order valence-electron chi connectivity index (χ4n) is 7.66. The highest BCUT2D eigenvalue weighted by Crippen LogP contribution is 2.63. The van der Waals surface area contributed by atoms with Crippen LogP contribution in [0.15, 0.2) is 133 Å². The van der Waals surface area contributed by atoms with Crippen LogP contribution in [0.3, 0.4) is 0 Å². The Labute approximate surface area is 242 Å². The zero-order valence-corrected chi connectivity index (χ0v) is 23.8. The fraction of sp³-hybridized carbons (Fsp3) is 0.205. The third-order valence-corrected chi connectivity index (χ3v) is 9.87. The number of fused-ring (bicyclic) bond motifs is 8. The molecule has 0 atom stereocenters. The monoisotopic (exact) mass is 531 g/mol. The number of allylic oxidation sites excluding steroid dienone is 10. The van der Waals surface area contributed by atoms with Gasteiger partial charge in [-0.2, -0.15) is 4.58 Å². The first kappa shape index (κ1) is 24.4. The summed E-state index contributed by atoms with van der Waals surface area (Å²) in [5.74, 6) is 0. The molecule has 0 amide bonds. The maximum atomic E-state index is 2.40. The molecule has 2 nitrogen and oxygen atoms in total. The maximum absolute atomic E-state index is 2.40. The first-order chi connectivity index (χ1) is 20.1. The highest BCUT2D eigenvalue weighted by Gasteiger charge is 2.59. The Morgan fingerprint density at radius 1 is 0.634 bits per heavy atom. The summed E-state index contributed by atoms with van der Waals surface area (Å²) in [6.45, 7) is 0. The van der Waals surface area contributed by atoms with Gasteiger partial charge in [0.25, 0.3) is 0 Å². The van der Waals surface area contributed by atoms with Crippen molar-refractivity contribution in [2.24, 2.45) is 0 Å². The quantitative estimate of drug-likeness (QED) is 0.184. The molecule has 0 radical (unpaired) electrons. The lowest BCUT2D eigenvalue weighted by molar-refractivity contribution is -0.401. The molecular formula is C39H35N2+. The Morgan fingerprint density at radius 2 is 1.22 bits per heavy atom. The van der Waals surface area contributed by atoms with Gasteiger partial charge in [-0.05, 0) is 71.0 Å². The van der Waals surface area contributed by atoms with Crippen LogP contribution in [0, 0.1) is 0 Å². The molecule has 0 unspecified atom stereocenters. The second-order valence-electron chi connectivity index (χ2n) is 12.1. The molecule has 4 aromatic carbocycles. The lowest BCUT2D eigenvalue weighted by Crippen LogP contribution is -2.18. The lowest BCUT2D eigenvalue weighted by atomic mass is 9.88. The van der Waals surface area contributed by atoms with Crippen LogP contribution in [0.25, 0.3) is 21.5 Å². The Balaban J connectivity index is 0.963. The van der Waals surface area contributed by atoms with Gasteiger partial charge < -0.3 is 4.90 Å². The van der Waals surface area contributed by atoms with Gasteiger partial charge in [0.15, 0.2) is 5.71 Å². The van der Waals surface area contributed by atoms with Crippen LogP contribution in [0.1, 0.15) is 36.8 Å². The van der Waals surface area contributed by atoms with E-state index in [9.17, 15) is 0 Å². The zero-order chi connectivity index (χ0) is 27.6. The van der Waals surface area contributed by atoms with E-state index in [0.717, 1.165) is 0 Å². The fourth-order valence-corrected chi connectivity index (χ4v) is 7.66. The molecule has 0 bridgehead atoms. The van der Waals surface area contributed by atoms with E-state index in [-0.39, 0.29) is 10.8 Å². The number of nitrogens with zero attached hydrogens (tertiary/aromatic N) is 2. The molecule has 2 fully saturated rings. The topological polar surface area (TPSA) is 6.25 Å². The maximum Gasteiger partial charge on any atom is 0.210 e. The summed E-state index contributed by atoms with van der Waals surface area (Å²) >= 11 is 0. The Morgan fingerprint density at radius 3 is 1.90 bits per heavy atom. The summed E-state index contributed by atoms with van der Waals surface area (Å²) < 4.78 is 2.40. The van der Waals surface area contributed by atoms with E-state index in [1.807, 2.05) is 0 Å². The third kappa shape index (κ3) is 3.60. The second kappa shape index (κ2) is 9.04. The minimum absolute atomic E-state index is 0.194. The Kier molecular flexibility index (Phi) is 5.37. The molecule has 0 aromatic heterocycles. The van der Waals surface area contributed by atoms with Crippen LogP contribution >= 0.6 is 0 Å². The summed E-state index contributed by atoms with van der Waals surface area (Å²) in [6.07, 6.45) is 24.6. The van der Waals surface area contributed by atoms with Gasteiger partial charge in [-0.1, -0.05) is 97.1 Å². The van der Waals surface area contributed by atoms with Crippen molar-refractivity contribution in [3.05, 3.63) is 144 Å². The second-order valence-corrected chi connectivity index (χ2v) is 12.1. The number of benzene rings is 4. The van der Waals surface area contributed by atoms with Gasteiger partial charge in [-0.3, -0.25) is 0 Å². The van der Waals surface area contributed by atoms with Crippen molar-refractivity contribution in [2.75, 3.05) is 19.0 Å². The Hall–Kier alpha value is -4.43. The largest absolute Gasteiger partial charge is 0.347 e. The molecule has 200 valence electrons. The number of rotatable bonds is 5. The first-order valence-corrected chi connectivity index (χ1v) is 14.9. The molecule has 2 heterocycles. The molecule has 4 aromatic rings. The van der Waals surface area contributed by atoms with Crippen molar-refractivity contribution in [3.63, 3.8) is 0 Å². The average Bonchev–Trinajstić information content (AvgIpc) is 3.93. The van der Waals surface area contributed by atoms with Crippen molar-refractivity contribution in [2.45, 2.75) is 36.5 Å². The lowest BCUT2D eigenvalue weighted by Gasteiger charge is -2.17.